The van der Waals surface area contributed by atoms with E-state index < -0.39 is 10.8 Å². The summed E-state index contributed by atoms with van der Waals surface area (Å²) in [5.74, 6) is 1.88. The van der Waals surface area contributed by atoms with Gasteiger partial charge >= 0.3 is 0 Å². The number of para-hydroxylation sites is 2. The summed E-state index contributed by atoms with van der Waals surface area (Å²) >= 11 is 0. The Morgan fingerprint density at radius 1 is 0.286 bits per heavy atom. The lowest BCUT2D eigenvalue weighted by molar-refractivity contribution is 0.684. The van der Waals surface area contributed by atoms with Gasteiger partial charge in [-0.05, 0) is 56.6 Å². The van der Waals surface area contributed by atoms with E-state index in [0.29, 0.717) is 17.5 Å². The monoisotopic (exact) mass is 802 g/mol. The van der Waals surface area contributed by atoms with Crippen LogP contribution in [-0.4, -0.2) is 19.5 Å². The van der Waals surface area contributed by atoms with Gasteiger partial charge < -0.3 is 4.57 Å². The van der Waals surface area contributed by atoms with Gasteiger partial charge in [-0.1, -0.05) is 218 Å². The highest BCUT2D eigenvalue weighted by Crippen LogP contribution is 2.62. The topological polar surface area (TPSA) is 43.6 Å². The van der Waals surface area contributed by atoms with E-state index in [1.54, 1.807) is 0 Å². The zero-order valence-electron chi connectivity index (χ0n) is 34.2. The SMILES string of the molecule is c1ccc(-c2nc(-c3ccccc3)nc(-c3cc4c5c(c3)C(c3ccccc3)(c3ccccc3)c3cccc6c7cccc(c7n-5c36)C4(c3ccccc3)c3ccccc3)n2)cc1. The van der Waals surface area contributed by atoms with Crippen LogP contribution in [0.5, 0.6) is 0 Å². The molecular weight excluding hydrogens is 765 g/mol. The summed E-state index contributed by atoms with van der Waals surface area (Å²) in [5.41, 5.74) is 14.6. The highest BCUT2D eigenvalue weighted by atomic mass is 15.0. The fourth-order valence-electron chi connectivity index (χ4n) is 11.1. The molecule has 2 aromatic heterocycles. The Labute approximate surface area is 365 Å². The summed E-state index contributed by atoms with van der Waals surface area (Å²) in [5, 5.41) is 2.49. The molecule has 0 saturated heterocycles. The number of benzene rings is 9. The van der Waals surface area contributed by atoms with E-state index in [9.17, 15) is 0 Å². The molecule has 0 aliphatic carbocycles. The zero-order chi connectivity index (χ0) is 41.5. The molecular formula is C59H38N4. The first-order valence-corrected chi connectivity index (χ1v) is 21.6. The van der Waals surface area contributed by atoms with Crippen molar-refractivity contribution in [2.75, 3.05) is 0 Å². The van der Waals surface area contributed by atoms with Crippen LogP contribution in [0.3, 0.4) is 0 Å². The number of fused-ring (bicyclic) bond motifs is 1. The van der Waals surface area contributed by atoms with Crippen molar-refractivity contribution in [2.24, 2.45) is 0 Å². The average molecular weight is 803 g/mol. The van der Waals surface area contributed by atoms with E-state index in [0.717, 1.165) is 16.7 Å². The minimum absolute atomic E-state index is 0.618. The van der Waals surface area contributed by atoms with Crippen molar-refractivity contribution < 1.29 is 0 Å². The molecule has 0 unspecified atom stereocenters. The molecule has 63 heavy (non-hydrogen) atoms. The Morgan fingerprint density at radius 2 is 0.603 bits per heavy atom. The standard InChI is InChI=1S/C59H38N4/c1-7-21-39(22-8-1)55-60-56(40-23-9-2-10-24-40)62-57(61-55)41-37-50-54-51(38-41)59(44-29-15-5-16-30-44,45-31-17-6-18-32-45)49-36-20-34-47-46-33-19-35-48(52(46)63(54)53(47)49)58(50,42-25-11-3-12-26-42)43-27-13-4-14-28-43/h1-38H. The van der Waals surface area contributed by atoms with E-state index >= 15 is 0 Å². The summed E-state index contributed by atoms with van der Waals surface area (Å²) < 4.78 is 2.61. The van der Waals surface area contributed by atoms with Crippen molar-refractivity contribution >= 4 is 21.8 Å². The predicted molar refractivity (Wildman–Crippen MR) is 254 cm³/mol. The summed E-state index contributed by atoms with van der Waals surface area (Å²) in [6, 6.07) is 83.6. The van der Waals surface area contributed by atoms with Crippen molar-refractivity contribution in [1.29, 1.82) is 0 Å². The van der Waals surface area contributed by atoms with Crippen molar-refractivity contribution in [3.8, 4) is 39.9 Å². The maximum absolute atomic E-state index is 5.41. The number of hydrogen-bond acceptors (Lipinski definition) is 3. The number of nitrogens with zero attached hydrogens (tertiary/aromatic N) is 4. The average Bonchev–Trinajstić information content (AvgIpc) is 3.72. The van der Waals surface area contributed by atoms with E-state index in [-0.39, 0.29) is 0 Å². The van der Waals surface area contributed by atoms with Gasteiger partial charge in [0, 0.05) is 27.5 Å². The van der Waals surface area contributed by atoms with Crippen LogP contribution in [0.15, 0.2) is 231 Å². The molecule has 0 N–H and O–H groups in total. The molecule has 0 spiro atoms. The molecule has 2 aliphatic heterocycles. The molecule has 13 rings (SSSR count). The van der Waals surface area contributed by atoms with Gasteiger partial charge in [0.25, 0.3) is 0 Å². The highest BCUT2D eigenvalue weighted by Gasteiger charge is 2.52. The van der Waals surface area contributed by atoms with E-state index in [4.69, 9.17) is 15.0 Å². The molecule has 0 bridgehead atoms. The summed E-state index contributed by atoms with van der Waals surface area (Å²) in [6.07, 6.45) is 0. The van der Waals surface area contributed by atoms with Crippen LogP contribution in [0.25, 0.3) is 61.7 Å². The summed E-state index contributed by atoms with van der Waals surface area (Å²) in [6.45, 7) is 0. The van der Waals surface area contributed by atoms with Crippen LogP contribution in [0.4, 0.5) is 0 Å². The minimum Gasteiger partial charge on any atom is -0.308 e. The fraction of sp³-hybridized carbons (Fsp3) is 0.0339. The first-order valence-electron chi connectivity index (χ1n) is 21.6. The van der Waals surface area contributed by atoms with Crippen LogP contribution >= 0.6 is 0 Å². The molecule has 0 radical (unpaired) electrons. The Kier molecular flexibility index (Phi) is 7.70. The highest BCUT2D eigenvalue weighted by molar-refractivity contribution is 6.15. The van der Waals surface area contributed by atoms with Gasteiger partial charge in [0.2, 0.25) is 0 Å². The molecule has 2 aliphatic rings. The van der Waals surface area contributed by atoms with Gasteiger partial charge in [0.1, 0.15) is 0 Å². The normalized spacial score (nSPS) is 14.0. The molecule has 0 fully saturated rings. The fourth-order valence-corrected chi connectivity index (χ4v) is 11.1. The first-order chi connectivity index (χ1) is 31.3. The maximum atomic E-state index is 5.41. The van der Waals surface area contributed by atoms with Crippen molar-refractivity contribution in [3.05, 3.63) is 275 Å². The quantitative estimate of drug-likeness (QED) is 0.161. The second-order valence-electron chi connectivity index (χ2n) is 16.7. The Hall–Kier alpha value is -8.21. The molecule has 0 atom stereocenters. The van der Waals surface area contributed by atoms with Gasteiger partial charge in [0.05, 0.1) is 27.6 Å². The molecule has 4 nitrogen and oxygen atoms in total. The minimum atomic E-state index is -0.735. The molecule has 4 heteroatoms. The first kappa shape index (κ1) is 35.5. The summed E-state index contributed by atoms with van der Waals surface area (Å²) in [4.78, 5) is 16.0. The zero-order valence-corrected chi connectivity index (χ0v) is 34.2. The third-order valence-corrected chi connectivity index (χ3v) is 13.5. The van der Waals surface area contributed by atoms with E-state index in [1.165, 1.54) is 72.0 Å². The van der Waals surface area contributed by atoms with Gasteiger partial charge in [-0.25, -0.2) is 15.0 Å². The number of hydrogen-bond donors (Lipinski definition) is 0. The van der Waals surface area contributed by atoms with Gasteiger partial charge in [0.15, 0.2) is 17.5 Å². The number of rotatable bonds is 7. The Balaban J connectivity index is 1.28. The molecule has 294 valence electrons. The van der Waals surface area contributed by atoms with Crippen LogP contribution < -0.4 is 0 Å². The van der Waals surface area contributed by atoms with Gasteiger partial charge in [-0.3, -0.25) is 0 Å². The Morgan fingerprint density at radius 3 is 0.952 bits per heavy atom. The number of aromatic nitrogens is 4. The smallest absolute Gasteiger partial charge is 0.164 e. The van der Waals surface area contributed by atoms with Crippen molar-refractivity contribution in [3.63, 3.8) is 0 Å². The largest absolute Gasteiger partial charge is 0.308 e. The second kappa shape index (κ2) is 13.7. The van der Waals surface area contributed by atoms with Gasteiger partial charge in [-0.2, -0.15) is 0 Å². The third kappa shape index (κ3) is 4.89. The Bertz CT molecular complexity index is 3220. The lowest BCUT2D eigenvalue weighted by atomic mass is 9.58. The van der Waals surface area contributed by atoms with E-state index in [1.807, 2.05) is 36.4 Å². The lowest BCUT2D eigenvalue weighted by Gasteiger charge is -2.48. The maximum Gasteiger partial charge on any atom is 0.164 e. The lowest BCUT2D eigenvalue weighted by Crippen LogP contribution is -2.41. The predicted octanol–water partition coefficient (Wildman–Crippen LogP) is 13.4. The molecule has 4 heterocycles. The van der Waals surface area contributed by atoms with Crippen LogP contribution in [0.2, 0.25) is 0 Å². The van der Waals surface area contributed by atoms with Crippen LogP contribution in [-0.2, 0) is 10.8 Å². The molecule has 0 amide bonds. The molecule has 0 saturated carbocycles. The molecule has 11 aromatic rings. The van der Waals surface area contributed by atoms with Crippen molar-refractivity contribution in [1.82, 2.24) is 19.5 Å². The van der Waals surface area contributed by atoms with E-state index in [2.05, 4.69) is 199 Å². The van der Waals surface area contributed by atoms with Gasteiger partial charge in [-0.15, -0.1) is 0 Å². The van der Waals surface area contributed by atoms with Crippen LogP contribution in [0.1, 0.15) is 44.5 Å². The third-order valence-electron chi connectivity index (χ3n) is 13.5. The second-order valence-corrected chi connectivity index (χ2v) is 16.7. The van der Waals surface area contributed by atoms with Crippen molar-refractivity contribution in [2.45, 2.75) is 10.8 Å². The molecule has 9 aromatic carbocycles. The summed E-state index contributed by atoms with van der Waals surface area (Å²) in [7, 11) is 0. The van der Waals surface area contributed by atoms with Crippen LogP contribution in [0, 0.1) is 0 Å².